The second-order valence-electron chi connectivity index (χ2n) is 6.97. The summed E-state index contributed by atoms with van der Waals surface area (Å²) in [6.07, 6.45) is 6.28. The molecule has 25 heavy (non-hydrogen) atoms. The Morgan fingerprint density at radius 3 is 2.56 bits per heavy atom. The minimum atomic E-state index is -0.749. The van der Waals surface area contributed by atoms with Crippen LogP contribution in [0.15, 0.2) is 35.2 Å². The van der Waals surface area contributed by atoms with Gasteiger partial charge in [0.25, 0.3) is 0 Å². The molecule has 0 saturated carbocycles. The lowest BCUT2D eigenvalue weighted by Gasteiger charge is -2.28. The van der Waals surface area contributed by atoms with Crippen molar-refractivity contribution in [2.24, 2.45) is 11.8 Å². The highest BCUT2D eigenvalue weighted by atomic mass is 32.2. The number of carboxylic acids is 1. The Hall–Kier alpha value is -1.04. The first-order valence-corrected chi connectivity index (χ1v) is 10.4. The predicted octanol–water partition coefficient (Wildman–Crippen LogP) is 4.23. The van der Waals surface area contributed by atoms with Gasteiger partial charge in [-0.2, -0.15) is 0 Å². The first-order valence-electron chi connectivity index (χ1n) is 9.37. The fourth-order valence-electron chi connectivity index (χ4n) is 4.15. The van der Waals surface area contributed by atoms with Gasteiger partial charge in [0.1, 0.15) is 0 Å². The molecule has 5 heteroatoms. The number of carbonyl (C=O) groups is 1. The van der Waals surface area contributed by atoms with Gasteiger partial charge in [0.2, 0.25) is 0 Å². The third kappa shape index (κ3) is 5.47. The van der Waals surface area contributed by atoms with Gasteiger partial charge >= 0.3 is 5.97 Å². The van der Waals surface area contributed by atoms with Gasteiger partial charge in [0, 0.05) is 24.5 Å². The molecule has 0 unspecified atom stereocenters. The zero-order chi connectivity index (χ0) is 17.5. The van der Waals surface area contributed by atoms with Gasteiger partial charge in [0.05, 0.1) is 12.2 Å². The number of rotatable bonds is 11. The lowest BCUT2D eigenvalue weighted by Crippen LogP contribution is -2.28. The fraction of sp³-hybridized carbons (Fsp3) is 0.650. The molecule has 1 aromatic carbocycles. The predicted molar refractivity (Wildman–Crippen MR) is 99.0 cm³/mol. The molecule has 0 aliphatic carbocycles. The molecule has 0 radical (unpaired) electrons. The van der Waals surface area contributed by atoms with E-state index < -0.39 is 5.97 Å². The van der Waals surface area contributed by atoms with Crippen LogP contribution in [0.25, 0.3) is 0 Å². The molecule has 2 bridgehead atoms. The number of benzene rings is 1. The van der Waals surface area contributed by atoms with Crippen molar-refractivity contribution in [2.75, 3.05) is 19.0 Å². The van der Waals surface area contributed by atoms with E-state index in [1.165, 1.54) is 24.2 Å². The maximum atomic E-state index is 10.5. The lowest BCUT2D eigenvalue weighted by molar-refractivity contribution is -0.137. The molecule has 1 aromatic rings. The lowest BCUT2D eigenvalue weighted by atomic mass is 9.76. The molecule has 0 amide bonds. The van der Waals surface area contributed by atoms with E-state index in [9.17, 15) is 4.79 Å². The van der Waals surface area contributed by atoms with Crippen molar-refractivity contribution in [1.29, 1.82) is 0 Å². The largest absolute Gasteiger partial charge is 0.481 e. The molecule has 2 aliphatic heterocycles. The minimum Gasteiger partial charge on any atom is -0.481 e. The summed E-state index contributed by atoms with van der Waals surface area (Å²) in [5.41, 5.74) is 0. The van der Waals surface area contributed by atoms with Crippen LogP contribution in [-0.4, -0.2) is 42.3 Å². The zero-order valence-corrected chi connectivity index (χ0v) is 15.5. The topological polar surface area (TPSA) is 55.8 Å². The number of hydrogen-bond donors (Lipinski definition) is 1. The molecule has 2 fully saturated rings. The molecule has 2 aliphatic rings. The van der Waals surface area contributed by atoms with Crippen LogP contribution >= 0.6 is 11.8 Å². The summed E-state index contributed by atoms with van der Waals surface area (Å²) in [5.74, 6) is 1.64. The number of aliphatic carboxylic acids is 1. The van der Waals surface area contributed by atoms with Crippen molar-refractivity contribution in [2.45, 2.75) is 55.6 Å². The van der Waals surface area contributed by atoms with E-state index >= 15 is 0 Å². The van der Waals surface area contributed by atoms with Crippen LogP contribution < -0.4 is 0 Å². The number of carboxylic acid groups (broad SMARTS) is 1. The van der Waals surface area contributed by atoms with E-state index in [-0.39, 0.29) is 6.42 Å². The maximum absolute atomic E-state index is 10.5. The third-order valence-electron chi connectivity index (χ3n) is 5.33. The van der Waals surface area contributed by atoms with E-state index in [4.69, 9.17) is 14.6 Å². The van der Waals surface area contributed by atoms with Crippen LogP contribution in [0.2, 0.25) is 0 Å². The smallest absolute Gasteiger partial charge is 0.303 e. The first kappa shape index (κ1) is 18.7. The summed E-state index contributed by atoms with van der Waals surface area (Å²) in [6, 6.07) is 10.6. The van der Waals surface area contributed by atoms with Gasteiger partial charge in [-0.1, -0.05) is 18.2 Å². The van der Waals surface area contributed by atoms with E-state index in [0.717, 1.165) is 18.8 Å². The molecular weight excluding hydrogens is 336 g/mol. The van der Waals surface area contributed by atoms with Gasteiger partial charge in [-0.25, -0.2) is 0 Å². The molecule has 2 saturated heterocycles. The Balaban J connectivity index is 1.38. The summed E-state index contributed by atoms with van der Waals surface area (Å²) < 4.78 is 11.8. The standard InChI is InChI=1S/C20H28O4S/c21-20(22)7-4-12-23-13-10-16-17(19-9-8-18(16)24-19)11-14-25-15-5-2-1-3-6-15/h1-3,5-6,16-19H,4,7-14H2,(H,21,22)/t16-,17+,18-,19+/m1/s1. The molecule has 0 spiro atoms. The highest BCUT2D eigenvalue weighted by Crippen LogP contribution is 2.47. The van der Waals surface area contributed by atoms with Gasteiger partial charge in [-0.3, -0.25) is 4.79 Å². The Labute approximate surface area is 154 Å². The van der Waals surface area contributed by atoms with Gasteiger partial charge in [-0.15, -0.1) is 11.8 Å². The van der Waals surface area contributed by atoms with E-state index in [2.05, 4.69) is 30.3 Å². The van der Waals surface area contributed by atoms with E-state index in [1.54, 1.807) is 0 Å². The normalized spacial score (nSPS) is 27.7. The first-order chi connectivity index (χ1) is 12.2. The number of thioether (sulfide) groups is 1. The Kier molecular flexibility index (Phi) is 7.20. The summed E-state index contributed by atoms with van der Waals surface area (Å²) in [5, 5.41) is 8.64. The monoisotopic (exact) mass is 364 g/mol. The quantitative estimate of drug-likeness (QED) is 0.470. The summed E-state index contributed by atoms with van der Waals surface area (Å²) in [6.45, 7) is 1.27. The van der Waals surface area contributed by atoms with Crippen molar-refractivity contribution >= 4 is 17.7 Å². The van der Waals surface area contributed by atoms with Crippen LogP contribution in [0.3, 0.4) is 0 Å². The van der Waals surface area contributed by atoms with Crippen LogP contribution in [0.5, 0.6) is 0 Å². The number of hydrogen-bond acceptors (Lipinski definition) is 4. The van der Waals surface area contributed by atoms with Gasteiger partial charge in [0.15, 0.2) is 0 Å². The molecule has 3 rings (SSSR count). The summed E-state index contributed by atoms with van der Waals surface area (Å²) >= 11 is 1.93. The number of ether oxygens (including phenoxy) is 2. The average molecular weight is 365 g/mol. The zero-order valence-electron chi connectivity index (χ0n) is 14.6. The van der Waals surface area contributed by atoms with Crippen LogP contribution in [0, 0.1) is 11.8 Å². The fourth-order valence-corrected chi connectivity index (χ4v) is 5.12. The van der Waals surface area contributed by atoms with E-state index in [0.29, 0.717) is 37.1 Å². The Bertz CT molecular complexity index is 536. The van der Waals surface area contributed by atoms with Crippen LogP contribution in [-0.2, 0) is 14.3 Å². The van der Waals surface area contributed by atoms with Crippen LogP contribution in [0.1, 0.15) is 38.5 Å². The van der Waals surface area contributed by atoms with Crippen molar-refractivity contribution in [1.82, 2.24) is 0 Å². The highest BCUT2D eigenvalue weighted by molar-refractivity contribution is 7.99. The molecule has 2 heterocycles. The maximum Gasteiger partial charge on any atom is 0.303 e. The average Bonchev–Trinajstić information content (AvgIpc) is 3.21. The van der Waals surface area contributed by atoms with Crippen molar-refractivity contribution in [3.63, 3.8) is 0 Å². The van der Waals surface area contributed by atoms with Gasteiger partial charge in [-0.05, 0) is 61.8 Å². The minimum absolute atomic E-state index is 0.191. The number of fused-ring (bicyclic) bond motifs is 2. The summed E-state index contributed by atoms with van der Waals surface area (Å²) in [4.78, 5) is 11.8. The van der Waals surface area contributed by atoms with Crippen molar-refractivity contribution in [3.05, 3.63) is 30.3 Å². The molecule has 138 valence electrons. The molecular formula is C20H28O4S. The second kappa shape index (κ2) is 9.60. The van der Waals surface area contributed by atoms with Gasteiger partial charge < -0.3 is 14.6 Å². The SMILES string of the molecule is O=C(O)CCCOCC[C@@H]1[C@H](CCSc2ccccc2)[C@@H]2CC[C@H]1O2. The Morgan fingerprint density at radius 2 is 1.84 bits per heavy atom. The summed E-state index contributed by atoms with van der Waals surface area (Å²) in [7, 11) is 0. The van der Waals surface area contributed by atoms with Crippen molar-refractivity contribution in [3.8, 4) is 0 Å². The second-order valence-corrected chi connectivity index (χ2v) is 8.13. The molecule has 0 aromatic heterocycles. The van der Waals surface area contributed by atoms with E-state index in [1.807, 2.05) is 11.8 Å². The molecule has 4 nitrogen and oxygen atoms in total. The Morgan fingerprint density at radius 1 is 1.12 bits per heavy atom. The molecule has 1 N–H and O–H groups in total. The van der Waals surface area contributed by atoms with Crippen molar-refractivity contribution < 1.29 is 19.4 Å². The van der Waals surface area contributed by atoms with Crippen LogP contribution in [0.4, 0.5) is 0 Å². The molecule has 4 atom stereocenters. The highest BCUT2D eigenvalue weighted by Gasteiger charge is 2.47. The third-order valence-corrected chi connectivity index (χ3v) is 6.37.